The predicted octanol–water partition coefficient (Wildman–Crippen LogP) is 21.2. The average molecular weight is 998 g/mol. The van der Waals surface area contributed by atoms with Gasteiger partial charge >= 0.3 is 17.9 Å². The van der Waals surface area contributed by atoms with Crippen LogP contribution in [-0.4, -0.2) is 37.2 Å². The van der Waals surface area contributed by atoms with Crippen LogP contribution in [0.4, 0.5) is 0 Å². The van der Waals surface area contributed by atoms with Crippen LogP contribution in [0, 0.1) is 0 Å². The first kappa shape index (κ1) is 68.6. The second-order valence-corrected chi connectivity index (χ2v) is 21.3. The van der Waals surface area contributed by atoms with E-state index in [9.17, 15) is 14.4 Å². The minimum absolute atomic E-state index is 0.0724. The second-order valence-electron chi connectivity index (χ2n) is 21.3. The van der Waals surface area contributed by atoms with Gasteiger partial charge in [-0.15, -0.1) is 0 Å². The number of carbonyl (C=O) groups excluding carboxylic acids is 3. The van der Waals surface area contributed by atoms with E-state index in [0.717, 1.165) is 64.2 Å². The first-order chi connectivity index (χ1) is 35.0. The molecule has 0 aromatic carbocycles. The Morgan fingerprint density at radius 3 is 0.746 bits per heavy atom. The molecule has 0 aromatic heterocycles. The molecule has 0 saturated carbocycles. The molecule has 0 radical (unpaired) electrons. The third-order valence-corrected chi connectivity index (χ3v) is 14.1. The maximum absolute atomic E-state index is 12.9. The molecule has 6 heteroatoms. The van der Waals surface area contributed by atoms with Crippen molar-refractivity contribution in [1.29, 1.82) is 0 Å². The Morgan fingerprint density at radius 1 is 0.268 bits per heavy atom. The molecule has 0 bridgehead atoms. The molecule has 0 aliphatic heterocycles. The van der Waals surface area contributed by atoms with Gasteiger partial charge in [0, 0.05) is 19.3 Å². The molecular formula is C65H120O6. The molecular weight excluding hydrogens is 877 g/mol. The zero-order valence-corrected chi connectivity index (χ0v) is 47.8. The Hall–Kier alpha value is -2.37. The van der Waals surface area contributed by atoms with Crippen molar-refractivity contribution >= 4 is 17.9 Å². The highest BCUT2D eigenvalue weighted by molar-refractivity contribution is 5.71. The van der Waals surface area contributed by atoms with E-state index in [1.54, 1.807) is 0 Å². The molecule has 0 spiro atoms. The minimum atomic E-state index is -0.774. The van der Waals surface area contributed by atoms with E-state index in [2.05, 4.69) is 57.2 Å². The van der Waals surface area contributed by atoms with Crippen molar-refractivity contribution in [1.82, 2.24) is 0 Å². The van der Waals surface area contributed by atoms with Crippen LogP contribution in [0.1, 0.15) is 342 Å². The van der Waals surface area contributed by atoms with Gasteiger partial charge in [0.25, 0.3) is 0 Å². The van der Waals surface area contributed by atoms with Crippen molar-refractivity contribution in [3.05, 3.63) is 36.5 Å². The molecule has 0 aliphatic carbocycles. The lowest BCUT2D eigenvalue weighted by molar-refractivity contribution is -0.167. The number of hydrogen-bond acceptors (Lipinski definition) is 6. The van der Waals surface area contributed by atoms with Gasteiger partial charge in [0.05, 0.1) is 0 Å². The van der Waals surface area contributed by atoms with Gasteiger partial charge in [-0.25, -0.2) is 0 Å². The lowest BCUT2D eigenvalue weighted by Gasteiger charge is -2.18. The third-order valence-electron chi connectivity index (χ3n) is 14.1. The summed E-state index contributed by atoms with van der Waals surface area (Å²) in [5.74, 6) is -0.864. The fourth-order valence-corrected chi connectivity index (χ4v) is 9.30. The fourth-order valence-electron chi connectivity index (χ4n) is 9.30. The molecule has 6 nitrogen and oxygen atoms in total. The molecule has 0 saturated heterocycles. The van der Waals surface area contributed by atoms with E-state index in [-0.39, 0.29) is 31.1 Å². The normalized spacial score (nSPS) is 12.2. The van der Waals surface area contributed by atoms with Crippen molar-refractivity contribution in [2.75, 3.05) is 13.2 Å². The topological polar surface area (TPSA) is 78.9 Å². The lowest BCUT2D eigenvalue weighted by Crippen LogP contribution is -2.30. The molecule has 0 N–H and O–H groups in total. The Kier molecular flexibility index (Phi) is 58.2. The standard InChI is InChI=1S/C65H120O6/c1-4-7-10-13-16-19-22-24-26-28-30-32-34-36-38-40-43-46-49-52-55-58-64(67)70-61-62(60-69-63(66)57-54-51-48-45-42-21-18-15-12-9-6-3)71-65(68)59-56-53-50-47-44-41-39-37-35-33-31-29-27-25-23-20-17-14-11-8-5-2/h15,18,24-27,62H,4-14,16-17,19-23,28-61H2,1-3H3/b18-15-,26-24-,27-25-/t62-/m0/s1. The van der Waals surface area contributed by atoms with Gasteiger partial charge in [0.15, 0.2) is 6.10 Å². The summed E-state index contributed by atoms with van der Waals surface area (Å²) in [6.07, 6.45) is 72.9. The number of allylic oxidation sites excluding steroid dienone is 6. The van der Waals surface area contributed by atoms with Crippen LogP contribution in [0.3, 0.4) is 0 Å². The molecule has 1 atom stereocenters. The van der Waals surface area contributed by atoms with Crippen LogP contribution >= 0.6 is 0 Å². The van der Waals surface area contributed by atoms with Crippen molar-refractivity contribution in [2.24, 2.45) is 0 Å². The molecule has 0 amide bonds. The number of esters is 3. The molecule has 0 aliphatic rings. The molecule has 416 valence electrons. The smallest absolute Gasteiger partial charge is 0.306 e. The Bertz CT molecular complexity index is 1190. The van der Waals surface area contributed by atoms with Gasteiger partial charge in [0.2, 0.25) is 0 Å². The Balaban J connectivity index is 4.25. The van der Waals surface area contributed by atoms with Crippen LogP contribution in [0.15, 0.2) is 36.5 Å². The third kappa shape index (κ3) is 58.4. The highest BCUT2D eigenvalue weighted by atomic mass is 16.6. The summed E-state index contributed by atoms with van der Waals surface area (Å²) in [5.41, 5.74) is 0. The highest BCUT2D eigenvalue weighted by Crippen LogP contribution is 2.17. The van der Waals surface area contributed by atoms with Gasteiger partial charge < -0.3 is 14.2 Å². The monoisotopic (exact) mass is 997 g/mol. The second kappa shape index (κ2) is 60.2. The van der Waals surface area contributed by atoms with E-state index in [1.807, 2.05) is 0 Å². The number of unbranched alkanes of at least 4 members (excludes halogenated alkanes) is 41. The highest BCUT2D eigenvalue weighted by Gasteiger charge is 2.19. The summed E-state index contributed by atoms with van der Waals surface area (Å²) >= 11 is 0. The molecule has 0 heterocycles. The van der Waals surface area contributed by atoms with Crippen molar-refractivity contribution in [2.45, 2.75) is 348 Å². The van der Waals surface area contributed by atoms with Crippen LogP contribution < -0.4 is 0 Å². The van der Waals surface area contributed by atoms with E-state index >= 15 is 0 Å². The summed E-state index contributed by atoms with van der Waals surface area (Å²) in [5, 5.41) is 0. The van der Waals surface area contributed by atoms with Gasteiger partial charge in [-0.05, 0) is 89.9 Å². The summed E-state index contributed by atoms with van der Waals surface area (Å²) in [4.78, 5) is 38.2. The van der Waals surface area contributed by atoms with Crippen molar-refractivity contribution < 1.29 is 28.6 Å². The largest absolute Gasteiger partial charge is 0.462 e. The first-order valence-electron chi connectivity index (χ1n) is 31.5. The zero-order valence-electron chi connectivity index (χ0n) is 47.8. The molecule has 0 aromatic rings. The summed E-state index contributed by atoms with van der Waals surface area (Å²) in [6.45, 7) is 6.64. The van der Waals surface area contributed by atoms with Gasteiger partial charge in [-0.1, -0.05) is 269 Å². The number of carbonyl (C=O) groups is 3. The lowest BCUT2D eigenvalue weighted by atomic mass is 10.0. The van der Waals surface area contributed by atoms with Gasteiger partial charge in [-0.2, -0.15) is 0 Å². The van der Waals surface area contributed by atoms with Gasteiger partial charge in [0.1, 0.15) is 13.2 Å². The Morgan fingerprint density at radius 2 is 0.479 bits per heavy atom. The molecule has 0 unspecified atom stereocenters. The average Bonchev–Trinajstić information content (AvgIpc) is 3.37. The maximum atomic E-state index is 12.9. The van der Waals surface area contributed by atoms with E-state index in [1.165, 1.54) is 238 Å². The van der Waals surface area contributed by atoms with Crippen molar-refractivity contribution in [3.8, 4) is 0 Å². The van der Waals surface area contributed by atoms with Crippen LogP contribution in [-0.2, 0) is 28.6 Å². The molecule has 0 rings (SSSR count). The number of rotatable bonds is 58. The van der Waals surface area contributed by atoms with Crippen LogP contribution in [0.2, 0.25) is 0 Å². The first-order valence-corrected chi connectivity index (χ1v) is 31.5. The van der Waals surface area contributed by atoms with Gasteiger partial charge in [-0.3, -0.25) is 14.4 Å². The summed E-state index contributed by atoms with van der Waals surface area (Å²) < 4.78 is 16.9. The summed E-state index contributed by atoms with van der Waals surface area (Å²) in [6, 6.07) is 0. The zero-order chi connectivity index (χ0) is 51.4. The Labute approximate surface area is 442 Å². The minimum Gasteiger partial charge on any atom is -0.462 e. The van der Waals surface area contributed by atoms with Crippen molar-refractivity contribution in [3.63, 3.8) is 0 Å². The quantitative estimate of drug-likeness (QED) is 0.0261. The van der Waals surface area contributed by atoms with E-state index in [0.29, 0.717) is 19.3 Å². The van der Waals surface area contributed by atoms with E-state index in [4.69, 9.17) is 14.2 Å². The number of ether oxygens (including phenoxy) is 3. The van der Waals surface area contributed by atoms with Crippen LogP contribution in [0.5, 0.6) is 0 Å². The molecule has 71 heavy (non-hydrogen) atoms. The number of hydrogen-bond donors (Lipinski definition) is 0. The maximum Gasteiger partial charge on any atom is 0.306 e. The molecule has 0 fully saturated rings. The van der Waals surface area contributed by atoms with Crippen LogP contribution in [0.25, 0.3) is 0 Å². The summed E-state index contributed by atoms with van der Waals surface area (Å²) in [7, 11) is 0. The SMILES string of the molecule is CCCC/C=C\CCCCCCCC(=O)OC[C@@H](COC(=O)CCCCCCCCCCCCC/C=C\CCCCCCCC)OC(=O)CCCCCCCCCCCCC/C=C\CCCCCCCC. The van der Waals surface area contributed by atoms with E-state index < -0.39 is 6.10 Å². The fraction of sp³-hybridized carbons (Fsp3) is 0.862. The predicted molar refractivity (Wildman–Crippen MR) is 307 cm³/mol.